The second-order valence-electron chi connectivity index (χ2n) is 5.81. The summed E-state index contributed by atoms with van der Waals surface area (Å²) in [4.78, 5) is 4.91. The summed E-state index contributed by atoms with van der Waals surface area (Å²) >= 11 is 3.63. The second-order valence-corrected chi connectivity index (χ2v) is 6.60. The van der Waals surface area contributed by atoms with Gasteiger partial charge >= 0.3 is 0 Å². The zero-order valence-corrected chi connectivity index (χ0v) is 13.7. The average Bonchev–Trinajstić information content (AvgIpc) is 3.20. The molecule has 3 heterocycles. The summed E-state index contributed by atoms with van der Waals surface area (Å²) in [7, 11) is 0. The van der Waals surface area contributed by atoms with Crippen molar-refractivity contribution in [3.05, 3.63) is 28.8 Å². The largest absolute Gasteiger partial charge is 0.383 e. The number of aromatic nitrogens is 5. The highest BCUT2D eigenvalue weighted by Crippen LogP contribution is 2.38. The molecule has 1 fully saturated rings. The fourth-order valence-electron chi connectivity index (χ4n) is 3.26. The molecule has 3 N–H and O–H groups in total. The first-order valence-corrected chi connectivity index (χ1v) is 8.36. The molecule has 3 aromatic heterocycles. The summed E-state index contributed by atoms with van der Waals surface area (Å²) in [5.74, 6) is 1.09. The van der Waals surface area contributed by atoms with Crippen LogP contribution < -0.4 is 5.73 Å². The summed E-state index contributed by atoms with van der Waals surface area (Å²) in [5, 5.41) is 11.2. The van der Waals surface area contributed by atoms with Crippen LogP contribution in [0.5, 0.6) is 0 Å². The predicted octanol–water partition coefficient (Wildman–Crippen LogP) is 3.51. The minimum atomic E-state index is 0.475. The number of nitrogens with two attached hydrogens (primary N) is 1. The molecule has 7 heteroatoms. The number of halogens is 1. The van der Waals surface area contributed by atoms with E-state index in [0.717, 1.165) is 26.9 Å². The number of nitrogen functional groups attached to an aromatic ring is 1. The molecule has 0 bridgehead atoms. The topological polar surface area (TPSA) is 84.9 Å². The van der Waals surface area contributed by atoms with Crippen molar-refractivity contribution in [1.82, 2.24) is 24.8 Å². The van der Waals surface area contributed by atoms with Gasteiger partial charge in [0.25, 0.3) is 0 Å². The predicted molar refractivity (Wildman–Crippen MR) is 88.5 cm³/mol. The molecule has 0 aromatic carbocycles. The van der Waals surface area contributed by atoms with Crippen molar-refractivity contribution in [3.63, 3.8) is 0 Å². The SMILES string of the molecule is Nc1c(Br)c(C2CCCCC2)nc2c(-c3cn[nH]c3)cnn12. The smallest absolute Gasteiger partial charge is 0.165 e. The Bertz CT molecular complexity index is 801. The third kappa shape index (κ3) is 2.11. The zero-order valence-electron chi connectivity index (χ0n) is 12.1. The molecule has 1 aliphatic rings. The van der Waals surface area contributed by atoms with Gasteiger partial charge < -0.3 is 5.73 Å². The van der Waals surface area contributed by atoms with Gasteiger partial charge in [0.1, 0.15) is 5.82 Å². The first-order valence-electron chi connectivity index (χ1n) is 7.57. The molecule has 0 aliphatic heterocycles. The van der Waals surface area contributed by atoms with Crippen LogP contribution in [0.15, 0.2) is 23.1 Å². The number of hydrogen-bond donors (Lipinski definition) is 2. The number of anilines is 1. The maximum Gasteiger partial charge on any atom is 0.165 e. The highest BCUT2D eigenvalue weighted by molar-refractivity contribution is 9.10. The van der Waals surface area contributed by atoms with E-state index in [1.54, 1.807) is 16.9 Å². The van der Waals surface area contributed by atoms with Crippen molar-refractivity contribution in [3.8, 4) is 11.1 Å². The van der Waals surface area contributed by atoms with Crippen LogP contribution >= 0.6 is 15.9 Å². The van der Waals surface area contributed by atoms with Crippen molar-refractivity contribution < 1.29 is 0 Å². The van der Waals surface area contributed by atoms with Gasteiger partial charge in [0, 0.05) is 23.2 Å². The molecular weight excluding hydrogens is 344 g/mol. The number of nitrogens with zero attached hydrogens (tertiary/aromatic N) is 4. The quantitative estimate of drug-likeness (QED) is 0.732. The lowest BCUT2D eigenvalue weighted by Crippen LogP contribution is -2.11. The van der Waals surface area contributed by atoms with E-state index in [1.807, 2.05) is 6.20 Å². The summed E-state index contributed by atoms with van der Waals surface area (Å²) in [6, 6.07) is 0. The second kappa shape index (κ2) is 5.39. The summed E-state index contributed by atoms with van der Waals surface area (Å²) < 4.78 is 2.58. The monoisotopic (exact) mass is 360 g/mol. The van der Waals surface area contributed by atoms with Crippen molar-refractivity contribution >= 4 is 27.4 Å². The molecule has 0 radical (unpaired) electrons. The molecule has 0 spiro atoms. The molecule has 6 nitrogen and oxygen atoms in total. The molecule has 1 aliphatic carbocycles. The number of rotatable bonds is 2. The number of H-pyrrole nitrogens is 1. The summed E-state index contributed by atoms with van der Waals surface area (Å²) in [6.45, 7) is 0. The van der Waals surface area contributed by atoms with Crippen LogP contribution in [-0.4, -0.2) is 24.8 Å². The van der Waals surface area contributed by atoms with E-state index in [2.05, 4.69) is 31.2 Å². The Morgan fingerprint density at radius 2 is 2.05 bits per heavy atom. The maximum atomic E-state index is 6.28. The van der Waals surface area contributed by atoms with E-state index in [-0.39, 0.29) is 0 Å². The normalized spacial score (nSPS) is 16.4. The van der Waals surface area contributed by atoms with E-state index in [4.69, 9.17) is 10.7 Å². The molecule has 0 saturated heterocycles. The Kier molecular flexibility index (Phi) is 3.37. The van der Waals surface area contributed by atoms with Gasteiger partial charge in [0.15, 0.2) is 5.65 Å². The number of hydrogen-bond acceptors (Lipinski definition) is 4. The Morgan fingerprint density at radius 1 is 1.23 bits per heavy atom. The van der Waals surface area contributed by atoms with Crippen LogP contribution in [0, 0.1) is 0 Å². The van der Waals surface area contributed by atoms with Crippen molar-refractivity contribution in [2.24, 2.45) is 0 Å². The van der Waals surface area contributed by atoms with Gasteiger partial charge in [-0.25, -0.2) is 4.98 Å². The molecule has 1 saturated carbocycles. The lowest BCUT2D eigenvalue weighted by molar-refractivity contribution is 0.435. The van der Waals surface area contributed by atoms with Crippen molar-refractivity contribution in [2.75, 3.05) is 5.73 Å². The van der Waals surface area contributed by atoms with Crippen LogP contribution in [0.3, 0.4) is 0 Å². The van der Waals surface area contributed by atoms with Gasteiger partial charge in [-0.1, -0.05) is 19.3 Å². The lowest BCUT2D eigenvalue weighted by Gasteiger charge is -2.22. The van der Waals surface area contributed by atoms with Crippen molar-refractivity contribution in [2.45, 2.75) is 38.0 Å². The fraction of sp³-hybridized carbons (Fsp3) is 0.400. The molecule has 3 aromatic rings. The van der Waals surface area contributed by atoms with Gasteiger partial charge in [0.2, 0.25) is 0 Å². The van der Waals surface area contributed by atoms with E-state index in [1.165, 1.54) is 32.1 Å². The molecule has 0 atom stereocenters. The minimum absolute atomic E-state index is 0.475. The van der Waals surface area contributed by atoms with Crippen molar-refractivity contribution in [1.29, 1.82) is 0 Å². The number of aromatic amines is 1. The third-order valence-corrected chi connectivity index (χ3v) is 5.26. The molecular formula is C15H17BrN6. The van der Waals surface area contributed by atoms with Crippen LogP contribution in [0.1, 0.15) is 43.7 Å². The number of nitrogens with one attached hydrogen (secondary N) is 1. The van der Waals surface area contributed by atoms with Gasteiger partial charge in [-0.3, -0.25) is 5.10 Å². The van der Waals surface area contributed by atoms with Crippen LogP contribution in [0.25, 0.3) is 16.8 Å². The Labute approximate surface area is 136 Å². The highest BCUT2D eigenvalue weighted by Gasteiger charge is 2.23. The van der Waals surface area contributed by atoms with Crippen LogP contribution in [0.4, 0.5) is 5.82 Å². The molecule has 0 unspecified atom stereocenters. The fourth-order valence-corrected chi connectivity index (χ4v) is 3.84. The van der Waals surface area contributed by atoms with E-state index < -0.39 is 0 Å². The zero-order chi connectivity index (χ0) is 15.1. The van der Waals surface area contributed by atoms with Crippen LogP contribution in [-0.2, 0) is 0 Å². The van der Waals surface area contributed by atoms with Gasteiger partial charge in [-0.15, -0.1) is 0 Å². The summed E-state index contributed by atoms with van der Waals surface area (Å²) in [6.07, 6.45) is 11.6. The first-order chi connectivity index (χ1) is 10.8. The molecule has 0 amide bonds. The highest BCUT2D eigenvalue weighted by atomic mass is 79.9. The minimum Gasteiger partial charge on any atom is -0.383 e. The third-order valence-electron chi connectivity index (χ3n) is 4.45. The Morgan fingerprint density at radius 3 is 2.77 bits per heavy atom. The van der Waals surface area contributed by atoms with Gasteiger partial charge in [-0.05, 0) is 28.8 Å². The standard InChI is InChI=1S/C15H17BrN6/c16-12-13(9-4-2-1-3-5-9)21-15-11(10-6-18-19-7-10)8-20-22(15)14(12)17/h6-9H,1-5,17H2,(H,18,19). The maximum absolute atomic E-state index is 6.28. The van der Waals surface area contributed by atoms with Gasteiger partial charge in [0.05, 0.1) is 22.6 Å². The van der Waals surface area contributed by atoms with E-state index >= 15 is 0 Å². The van der Waals surface area contributed by atoms with E-state index in [9.17, 15) is 0 Å². The Hall–Kier alpha value is -1.89. The molecule has 114 valence electrons. The number of fused-ring (bicyclic) bond motifs is 1. The van der Waals surface area contributed by atoms with Gasteiger partial charge in [-0.2, -0.15) is 14.7 Å². The molecule has 22 heavy (non-hydrogen) atoms. The van der Waals surface area contributed by atoms with E-state index in [0.29, 0.717) is 11.7 Å². The first kappa shape index (κ1) is 13.8. The Balaban J connectivity index is 1.90. The average molecular weight is 361 g/mol. The lowest BCUT2D eigenvalue weighted by atomic mass is 9.87. The molecule has 4 rings (SSSR count). The van der Waals surface area contributed by atoms with Crippen LogP contribution in [0.2, 0.25) is 0 Å². The summed E-state index contributed by atoms with van der Waals surface area (Å²) in [5.41, 5.74) is 10.1.